The van der Waals surface area contributed by atoms with Crippen LogP contribution in [0.5, 0.6) is 0 Å². The van der Waals surface area contributed by atoms with Gasteiger partial charge in [0.1, 0.15) is 4.21 Å². The highest BCUT2D eigenvalue weighted by atomic mass is 32.2. The Kier molecular flexibility index (Phi) is 11.5. The second-order valence-corrected chi connectivity index (χ2v) is 13.8. The lowest BCUT2D eigenvalue weighted by Gasteiger charge is -2.38. The van der Waals surface area contributed by atoms with Gasteiger partial charge in [0, 0.05) is 45.2 Å². The Morgan fingerprint density at radius 1 is 0.875 bits per heavy atom. The molecule has 12 nitrogen and oxygen atoms in total. The summed E-state index contributed by atoms with van der Waals surface area (Å²) >= 11 is 1.17. The van der Waals surface area contributed by atoms with Crippen LogP contribution in [0.25, 0.3) is 0 Å². The number of carbonyl (C=O) groups is 4. The molecule has 48 heavy (non-hydrogen) atoms. The molecule has 2 aliphatic heterocycles. The highest BCUT2D eigenvalue weighted by Crippen LogP contribution is 2.38. The molecule has 0 radical (unpaired) electrons. The van der Waals surface area contributed by atoms with E-state index in [-0.39, 0.29) is 29.1 Å². The Hall–Kier alpha value is -4.48. The number of piperazine rings is 1. The standard InChI is InChI=1S/C29H31N3O7S2.C2HF3O2/c1-38-28(34)21-10-11-22(29(35)39-2)25(17-21)30-12-14-31(15-13-30)27(33)24-19-32(41(36,37)26-9-6-16-40-26)18-23(24)20-7-4-3-5-8-20;3-2(4,5)1(6)7/h3-11,16-17,23-24H,12-15,18-19H2,1-2H3;(H,6,7)/t23-,24+;/m0./s1. The molecule has 1 N–H and O–H groups in total. The van der Waals surface area contributed by atoms with Crippen molar-refractivity contribution < 1.29 is 55.3 Å². The first-order valence-corrected chi connectivity index (χ1v) is 16.7. The van der Waals surface area contributed by atoms with Gasteiger partial charge in [0.05, 0.1) is 37.0 Å². The summed E-state index contributed by atoms with van der Waals surface area (Å²) in [5.74, 6) is -4.72. The number of hydrogen-bond donors (Lipinski definition) is 1. The number of esters is 2. The number of carbonyl (C=O) groups excluding carboxylic acids is 3. The van der Waals surface area contributed by atoms with Gasteiger partial charge in [0.25, 0.3) is 10.0 Å². The average Bonchev–Trinajstić information content (AvgIpc) is 3.80. The number of hydrogen-bond acceptors (Lipinski definition) is 10. The van der Waals surface area contributed by atoms with E-state index in [0.29, 0.717) is 43.0 Å². The fourth-order valence-electron chi connectivity index (χ4n) is 5.51. The summed E-state index contributed by atoms with van der Waals surface area (Å²) in [4.78, 5) is 51.2. The van der Waals surface area contributed by atoms with Gasteiger partial charge in [-0.1, -0.05) is 36.4 Å². The SMILES string of the molecule is COC(=O)c1ccc(C(=O)OC)c(N2CCN(C(=O)[C@@H]3CN(S(=O)(=O)c4cccs4)C[C@H]3c3ccccc3)CC2)c1.O=C(O)C(F)(F)F. The van der Waals surface area contributed by atoms with Gasteiger partial charge in [0.2, 0.25) is 5.91 Å². The third kappa shape index (κ3) is 8.14. The van der Waals surface area contributed by atoms with Gasteiger partial charge >= 0.3 is 24.1 Å². The van der Waals surface area contributed by atoms with Crippen LogP contribution in [0.1, 0.15) is 32.2 Å². The minimum absolute atomic E-state index is 0.0983. The van der Waals surface area contributed by atoms with Crippen molar-refractivity contribution in [2.75, 3.05) is 58.4 Å². The molecular formula is C31H32F3N3O9S2. The molecule has 17 heteroatoms. The summed E-state index contributed by atoms with van der Waals surface area (Å²) in [5.41, 5.74) is 2.07. The van der Waals surface area contributed by atoms with Crippen molar-refractivity contribution in [2.24, 2.45) is 5.92 Å². The summed E-state index contributed by atoms with van der Waals surface area (Å²) < 4.78 is 69.9. The lowest BCUT2D eigenvalue weighted by atomic mass is 9.88. The second-order valence-electron chi connectivity index (χ2n) is 10.7. The number of benzene rings is 2. The number of methoxy groups -OCH3 is 2. The number of aliphatic carboxylic acids is 1. The molecule has 258 valence electrons. The number of carboxylic acid groups (broad SMARTS) is 1. The average molecular weight is 712 g/mol. The van der Waals surface area contributed by atoms with E-state index in [2.05, 4.69) is 0 Å². The van der Waals surface area contributed by atoms with E-state index in [1.54, 1.807) is 28.5 Å². The minimum atomic E-state index is -5.08. The molecule has 0 aliphatic carbocycles. The zero-order valence-corrected chi connectivity index (χ0v) is 27.4. The lowest BCUT2D eigenvalue weighted by Crippen LogP contribution is -2.51. The zero-order valence-electron chi connectivity index (χ0n) is 25.8. The number of thiophene rings is 1. The summed E-state index contributed by atoms with van der Waals surface area (Å²) in [6, 6.07) is 17.5. The number of ether oxygens (including phenoxy) is 2. The monoisotopic (exact) mass is 711 g/mol. The van der Waals surface area contributed by atoms with Crippen LogP contribution >= 0.6 is 11.3 Å². The number of sulfonamides is 1. The van der Waals surface area contributed by atoms with Gasteiger partial charge in [-0.25, -0.2) is 22.8 Å². The van der Waals surface area contributed by atoms with Crippen molar-refractivity contribution in [3.8, 4) is 0 Å². The van der Waals surface area contributed by atoms with Crippen molar-refractivity contribution in [3.63, 3.8) is 0 Å². The Balaban J connectivity index is 0.000000671. The van der Waals surface area contributed by atoms with E-state index >= 15 is 0 Å². The number of amides is 1. The van der Waals surface area contributed by atoms with E-state index in [1.165, 1.54) is 42.0 Å². The van der Waals surface area contributed by atoms with E-state index < -0.39 is 40.0 Å². The van der Waals surface area contributed by atoms with Gasteiger partial charge in [-0.05, 0) is 35.2 Å². The molecule has 2 atom stereocenters. The minimum Gasteiger partial charge on any atom is -0.475 e. The maximum atomic E-state index is 13.9. The van der Waals surface area contributed by atoms with Gasteiger partial charge < -0.3 is 24.4 Å². The zero-order chi connectivity index (χ0) is 35.2. The van der Waals surface area contributed by atoms with Crippen molar-refractivity contribution in [1.82, 2.24) is 9.21 Å². The second kappa shape index (κ2) is 15.2. The Labute approximate surface area is 278 Å². The van der Waals surface area contributed by atoms with Crippen LogP contribution in [0, 0.1) is 5.92 Å². The number of rotatable bonds is 7. The fourth-order valence-corrected chi connectivity index (χ4v) is 8.15. The van der Waals surface area contributed by atoms with Crippen LogP contribution < -0.4 is 4.90 Å². The number of anilines is 1. The molecule has 1 aromatic heterocycles. The van der Waals surface area contributed by atoms with Gasteiger partial charge in [-0.2, -0.15) is 17.5 Å². The quantitative estimate of drug-likeness (QED) is 0.360. The highest BCUT2D eigenvalue weighted by Gasteiger charge is 2.45. The Bertz CT molecular complexity index is 1730. The van der Waals surface area contributed by atoms with Crippen LogP contribution in [-0.2, 0) is 29.1 Å². The summed E-state index contributed by atoms with van der Waals surface area (Å²) in [6.45, 7) is 1.91. The van der Waals surface area contributed by atoms with E-state index in [4.69, 9.17) is 19.4 Å². The lowest BCUT2D eigenvalue weighted by molar-refractivity contribution is -0.192. The molecule has 2 saturated heterocycles. The number of carboxylic acids is 1. The van der Waals surface area contributed by atoms with Gasteiger partial charge in [0.15, 0.2) is 0 Å². The smallest absolute Gasteiger partial charge is 0.475 e. The van der Waals surface area contributed by atoms with Crippen LogP contribution in [-0.4, -0.2) is 106 Å². The molecular weight excluding hydrogens is 679 g/mol. The number of nitrogens with zero attached hydrogens (tertiary/aromatic N) is 3. The molecule has 1 amide bonds. The summed E-state index contributed by atoms with van der Waals surface area (Å²) in [6.07, 6.45) is -5.08. The van der Waals surface area contributed by atoms with E-state index in [9.17, 15) is 36.0 Å². The van der Waals surface area contributed by atoms with Crippen LogP contribution in [0.15, 0.2) is 70.3 Å². The van der Waals surface area contributed by atoms with Crippen LogP contribution in [0.3, 0.4) is 0 Å². The van der Waals surface area contributed by atoms with Crippen molar-refractivity contribution in [2.45, 2.75) is 16.3 Å². The van der Waals surface area contributed by atoms with Crippen LogP contribution in [0.2, 0.25) is 0 Å². The maximum Gasteiger partial charge on any atom is 0.490 e. The van der Waals surface area contributed by atoms with E-state index in [0.717, 1.165) is 5.56 Å². The maximum absolute atomic E-state index is 13.9. The number of alkyl halides is 3. The largest absolute Gasteiger partial charge is 0.490 e. The van der Waals surface area contributed by atoms with Crippen molar-refractivity contribution in [1.29, 1.82) is 0 Å². The van der Waals surface area contributed by atoms with Gasteiger partial charge in [-0.3, -0.25) is 4.79 Å². The van der Waals surface area contributed by atoms with Crippen molar-refractivity contribution >= 4 is 50.9 Å². The first-order valence-electron chi connectivity index (χ1n) is 14.4. The van der Waals surface area contributed by atoms with Gasteiger partial charge in [-0.15, -0.1) is 11.3 Å². The first-order chi connectivity index (χ1) is 22.7. The fraction of sp³-hybridized carbons (Fsp3) is 0.355. The Morgan fingerprint density at radius 3 is 2.04 bits per heavy atom. The molecule has 0 unspecified atom stereocenters. The molecule has 5 rings (SSSR count). The normalized spacial score (nSPS) is 18.4. The molecule has 0 bridgehead atoms. The first kappa shape index (κ1) is 36.4. The summed E-state index contributed by atoms with van der Waals surface area (Å²) in [5, 5.41) is 8.85. The molecule has 0 spiro atoms. The Morgan fingerprint density at radius 2 is 1.50 bits per heavy atom. The molecule has 3 aromatic rings. The molecule has 2 aliphatic rings. The molecule has 2 fully saturated rings. The topological polar surface area (TPSA) is 151 Å². The third-order valence-corrected chi connectivity index (χ3v) is 11.1. The van der Waals surface area contributed by atoms with Crippen molar-refractivity contribution in [3.05, 3.63) is 82.7 Å². The van der Waals surface area contributed by atoms with E-state index in [1.807, 2.05) is 35.2 Å². The molecule has 3 heterocycles. The number of halogens is 3. The summed E-state index contributed by atoms with van der Waals surface area (Å²) in [7, 11) is -1.13. The van der Waals surface area contributed by atoms with Crippen LogP contribution in [0.4, 0.5) is 18.9 Å². The molecule has 2 aromatic carbocycles. The predicted molar refractivity (Wildman–Crippen MR) is 167 cm³/mol. The predicted octanol–water partition coefficient (Wildman–Crippen LogP) is 3.71. The third-order valence-electron chi connectivity index (χ3n) is 7.92. The highest BCUT2D eigenvalue weighted by molar-refractivity contribution is 7.91. The molecule has 0 saturated carbocycles.